The predicted molar refractivity (Wildman–Crippen MR) is 127 cm³/mol. The van der Waals surface area contributed by atoms with E-state index in [4.69, 9.17) is 5.73 Å². The number of aliphatic hydroxyl groups excluding tert-OH is 1. The third kappa shape index (κ3) is 9.80. The number of hydrogen-bond donors (Lipinski definition) is 7. The van der Waals surface area contributed by atoms with Crippen molar-refractivity contribution in [3.05, 3.63) is 35.9 Å². The first kappa shape index (κ1) is 28.4. The Morgan fingerprint density at radius 1 is 0.939 bits per heavy atom. The number of carbonyl (C=O) groups excluding carboxylic acids is 3. The highest BCUT2D eigenvalue weighted by Gasteiger charge is 2.32. The summed E-state index contributed by atoms with van der Waals surface area (Å²) in [6, 6.07) is 4.44. The molecule has 33 heavy (non-hydrogen) atoms. The topological polar surface area (TPSA) is 171 Å². The molecule has 0 spiro atoms. The zero-order chi connectivity index (χ0) is 25.1. The quantitative estimate of drug-likeness (QED) is 0.185. The van der Waals surface area contributed by atoms with Crippen LogP contribution in [0.25, 0.3) is 0 Å². The highest BCUT2D eigenvalue weighted by molar-refractivity contribution is 7.80. The van der Waals surface area contributed by atoms with Gasteiger partial charge in [0.25, 0.3) is 0 Å². The maximum absolute atomic E-state index is 13.1. The Morgan fingerprint density at radius 3 is 1.97 bits per heavy atom. The van der Waals surface area contributed by atoms with Gasteiger partial charge in [0.05, 0.1) is 12.1 Å². The van der Waals surface area contributed by atoms with Gasteiger partial charge in [-0.05, 0) is 24.8 Å². The molecule has 0 fully saturated rings. The molecule has 7 N–H and O–H groups in total. The molecule has 3 amide bonds. The Kier molecular flexibility index (Phi) is 11.9. The molecule has 10 nitrogen and oxygen atoms in total. The normalized spacial score (nSPS) is 15.6. The molecule has 1 aromatic rings. The zero-order valence-electron chi connectivity index (χ0n) is 19.0. The second-order valence-corrected chi connectivity index (χ2v) is 8.66. The molecule has 11 heteroatoms. The van der Waals surface area contributed by atoms with Gasteiger partial charge in [0.1, 0.15) is 12.1 Å². The number of nitrogens with one attached hydrogen (secondary N) is 3. The molecule has 0 radical (unpaired) electrons. The Hall–Kier alpha value is -2.63. The van der Waals surface area contributed by atoms with Crippen molar-refractivity contribution in [2.45, 2.75) is 63.9 Å². The number of aliphatic hydroxyl groups is 1. The number of amides is 3. The average Bonchev–Trinajstić information content (AvgIpc) is 2.75. The number of thiol groups is 1. The number of benzene rings is 1. The Balaban J connectivity index is 3.08. The maximum atomic E-state index is 13.1. The molecule has 0 aliphatic heterocycles. The van der Waals surface area contributed by atoms with E-state index >= 15 is 0 Å². The zero-order valence-corrected chi connectivity index (χ0v) is 19.9. The lowest BCUT2D eigenvalue weighted by atomic mass is 10.0. The summed E-state index contributed by atoms with van der Waals surface area (Å²) in [6.07, 6.45) is -0.972. The fraction of sp³-hybridized carbons (Fsp3) is 0.545. The number of nitrogens with two attached hydrogens (primary N) is 1. The van der Waals surface area contributed by atoms with E-state index in [1.807, 2.05) is 19.9 Å². The summed E-state index contributed by atoms with van der Waals surface area (Å²) in [7, 11) is 0. The van der Waals surface area contributed by atoms with Crippen molar-refractivity contribution in [3.8, 4) is 0 Å². The standard InChI is InChI=1S/C22H34N4O6S/c1-12(2)9-16(21(30)26-18(13(3)27)22(31)32)25-20(29)17(24-19(28)15(23)11-33)10-14-7-5-4-6-8-14/h4-8,12-13,15-18,27,33H,9-11,23H2,1-3H3,(H,24,28)(H,25,29)(H,26,30)(H,31,32). The van der Waals surface area contributed by atoms with Gasteiger partial charge in [-0.25, -0.2) is 4.79 Å². The molecule has 5 unspecified atom stereocenters. The van der Waals surface area contributed by atoms with Crippen molar-refractivity contribution >= 4 is 36.3 Å². The number of hydrogen-bond acceptors (Lipinski definition) is 7. The molecule has 0 heterocycles. The molecule has 0 saturated heterocycles. The summed E-state index contributed by atoms with van der Waals surface area (Å²) in [4.78, 5) is 49.6. The van der Waals surface area contributed by atoms with Crippen LogP contribution in [0.3, 0.4) is 0 Å². The first-order valence-electron chi connectivity index (χ1n) is 10.7. The van der Waals surface area contributed by atoms with Crippen molar-refractivity contribution in [2.24, 2.45) is 11.7 Å². The number of carboxylic acids is 1. The number of carbonyl (C=O) groups is 4. The molecular formula is C22H34N4O6S. The van der Waals surface area contributed by atoms with E-state index in [9.17, 15) is 29.4 Å². The van der Waals surface area contributed by atoms with E-state index in [1.165, 1.54) is 6.92 Å². The molecule has 0 aliphatic carbocycles. The monoisotopic (exact) mass is 482 g/mol. The molecule has 184 valence electrons. The van der Waals surface area contributed by atoms with E-state index < -0.39 is 54.0 Å². The van der Waals surface area contributed by atoms with Gasteiger partial charge in [0.15, 0.2) is 6.04 Å². The molecule has 0 aromatic heterocycles. The van der Waals surface area contributed by atoms with Gasteiger partial charge < -0.3 is 31.9 Å². The van der Waals surface area contributed by atoms with E-state index in [0.29, 0.717) is 0 Å². The summed E-state index contributed by atoms with van der Waals surface area (Å²) in [5.41, 5.74) is 6.50. The van der Waals surface area contributed by atoms with Crippen LogP contribution < -0.4 is 21.7 Å². The lowest BCUT2D eigenvalue weighted by molar-refractivity contribution is -0.145. The third-order valence-corrected chi connectivity index (χ3v) is 5.23. The SMILES string of the molecule is CC(C)CC(NC(=O)C(Cc1ccccc1)NC(=O)C(N)CS)C(=O)NC(C(=O)O)C(C)O. The van der Waals surface area contributed by atoms with Crippen LogP contribution in [0.15, 0.2) is 30.3 Å². The number of rotatable bonds is 13. The van der Waals surface area contributed by atoms with Crippen molar-refractivity contribution < 1.29 is 29.4 Å². The fourth-order valence-corrected chi connectivity index (χ4v) is 3.20. The van der Waals surface area contributed by atoms with Crippen LogP contribution >= 0.6 is 12.6 Å². The maximum Gasteiger partial charge on any atom is 0.328 e. The van der Waals surface area contributed by atoms with Crippen LogP contribution in [0.5, 0.6) is 0 Å². The summed E-state index contributed by atoms with van der Waals surface area (Å²) in [5.74, 6) is -3.27. The van der Waals surface area contributed by atoms with Gasteiger partial charge >= 0.3 is 5.97 Å². The van der Waals surface area contributed by atoms with Crippen molar-refractivity contribution in [1.82, 2.24) is 16.0 Å². The van der Waals surface area contributed by atoms with Gasteiger partial charge in [-0.15, -0.1) is 0 Å². The minimum Gasteiger partial charge on any atom is -0.480 e. The number of carboxylic acid groups (broad SMARTS) is 1. The molecule has 5 atom stereocenters. The van der Waals surface area contributed by atoms with Crippen molar-refractivity contribution in [2.75, 3.05) is 5.75 Å². The fourth-order valence-electron chi connectivity index (χ4n) is 3.04. The molecule has 0 bridgehead atoms. The van der Waals surface area contributed by atoms with Crippen molar-refractivity contribution in [1.29, 1.82) is 0 Å². The third-order valence-electron chi connectivity index (χ3n) is 4.84. The Morgan fingerprint density at radius 2 is 1.48 bits per heavy atom. The predicted octanol–water partition coefficient (Wildman–Crippen LogP) is -0.548. The van der Waals surface area contributed by atoms with Gasteiger partial charge in [0.2, 0.25) is 17.7 Å². The minimum absolute atomic E-state index is 0.0179. The molecule has 1 aromatic carbocycles. The van der Waals surface area contributed by atoms with Gasteiger partial charge in [-0.2, -0.15) is 12.6 Å². The van der Waals surface area contributed by atoms with Crippen LogP contribution in [0.2, 0.25) is 0 Å². The Bertz CT molecular complexity index is 805. The summed E-state index contributed by atoms with van der Waals surface area (Å²) in [5, 5.41) is 26.4. The summed E-state index contributed by atoms with van der Waals surface area (Å²) in [6.45, 7) is 4.92. The summed E-state index contributed by atoms with van der Waals surface area (Å²) >= 11 is 4.01. The second-order valence-electron chi connectivity index (χ2n) is 8.30. The largest absolute Gasteiger partial charge is 0.480 e. The molecular weight excluding hydrogens is 448 g/mol. The van der Waals surface area contributed by atoms with E-state index in [-0.39, 0.29) is 24.5 Å². The number of aliphatic carboxylic acids is 1. The average molecular weight is 483 g/mol. The smallest absolute Gasteiger partial charge is 0.328 e. The van der Waals surface area contributed by atoms with Crippen LogP contribution in [0.1, 0.15) is 32.8 Å². The van der Waals surface area contributed by atoms with E-state index in [1.54, 1.807) is 24.3 Å². The highest BCUT2D eigenvalue weighted by atomic mass is 32.1. The van der Waals surface area contributed by atoms with Crippen LogP contribution in [-0.2, 0) is 25.6 Å². The first-order valence-corrected chi connectivity index (χ1v) is 11.3. The van der Waals surface area contributed by atoms with Gasteiger partial charge in [0, 0.05) is 12.2 Å². The van der Waals surface area contributed by atoms with Crippen molar-refractivity contribution in [3.63, 3.8) is 0 Å². The summed E-state index contributed by atoms with van der Waals surface area (Å²) < 4.78 is 0. The van der Waals surface area contributed by atoms with Gasteiger partial charge in [-0.3, -0.25) is 14.4 Å². The minimum atomic E-state index is -1.53. The first-order chi connectivity index (χ1) is 15.5. The molecule has 0 saturated carbocycles. The van der Waals surface area contributed by atoms with Crippen LogP contribution in [0, 0.1) is 5.92 Å². The van der Waals surface area contributed by atoms with Crippen LogP contribution in [0.4, 0.5) is 0 Å². The van der Waals surface area contributed by atoms with Gasteiger partial charge in [-0.1, -0.05) is 44.2 Å². The lowest BCUT2D eigenvalue weighted by Gasteiger charge is -2.26. The Labute approximate surface area is 199 Å². The molecule has 0 aliphatic rings. The highest BCUT2D eigenvalue weighted by Crippen LogP contribution is 2.09. The van der Waals surface area contributed by atoms with E-state index in [0.717, 1.165) is 5.56 Å². The molecule has 1 rings (SSSR count). The second kappa shape index (κ2) is 13.8. The van der Waals surface area contributed by atoms with Crippen LogP contribution in [-0.4, -0.2) is 69.9 Å². The van der Waals surface area contributed by atoms with E-state index in [2.05, 4.69) is 28.6 Å². The lowest BCUT2D eigenvalue weighted by Crippen LogP contribution is -2.59.